The van der Waals surface area contributed by atoms with Crippen LogP contribution in [0.2, 0.25) is 0 Å². The number of rotatable bonds is 7. The summed E-state index contributed by atoms with van der Waals surface area (Å²) in [6.45, 7) is 4.08. The van der Waals surface area contributed by atoms with Gasteiger partial charge in [0, 0.05) is 24.2 Å². The molecule has 0 radical (unpaired) electrons. The van der Waals surface area contributed by atoms with Gasteiger partial charge in [-0.3, -0.25) is 10.1 Å². The number of sulfonamides is 1. The molecule has 152 valence electrons. The van der Waals surface area contributed by atoms with E-state index in [0.29, 0.717) is 5.75 Å². The van der Waals surface area contributed by atoms with Crippen LogP contribution in [0.15, 0.2) is 59.5 Å². The molecule has 0 heterocycles. The number of hydrogen-bond donors (Lipinski definition) is 2. The summed E-state index contributed by atoms with van der Waals surface area (Å²) in [6.07, 6.45) is -0.0470. The molecule has 0 aromatic heterocycles. The molecule has 0 bridgehead atoms. The third-order valence-corrected chi connectivity index (χ3v) is 5.25. The number of anilines is 1. The van der Waals surface area contributed by atoms with Gasteiger partial charge in [-0.2, -0.15) is 0 Å². The first-order valence-corrected chi connectivity index (χ1v) is 10.4. The molecule has 3 N–H and O–H groups in total. The van der Waals surface area contributed by atoms with E-state index in [9.17, 15) is 18.5 Å². The third kappa shape index (κ3) is 4.64. The van der Waals surface area contributed by atoms with E-state index < -0.39 is 14.9 Å². The topological polar surface area (TPSA) is 125 Å². The van der Waals surface area contributed by atoms with Crippen LogP contribution >= 0.6 is 0 Å². The monoisotopic (exact) mass is 415 g/mol. The molecule has 0 aliphatic heterocycles. The zero-order valence-corrected chi connectivity index (χ0v) is 16.8. The highest BCUT2D eigenvalue weighted by molar-refractivity contribution is 7.89. The SMILES string of the molecule is CC(C)Oc1ccc2ccccc2c1CNc1ccc([N+](=O)[O-])cc1S(N)(=O)=O. The fraction of sp³-hybridized carbons (Fsp3) is 0.200. The maximum Gasteiger partial charge on any atom is 0.270 e. The van der Waals surface area contributed by atoms with E-state index in [1.54, 1.807) is 0 Å². The van der Waals surface area contributed by atoms with Gasteiger partial charge in [-0.05, 0) is 36.8 Å². The summed E-state index contributed by atoms with van der Waals surface area (Å²) in [5.74, 6) is 0.672. The van der Waals surface area contributed by atoms with Gasteiger partial charge < -0.3 is 10.1 Å². The van der Waals surface area contributed by atoms with Gasteiger partial charge >= 0.3 is 0 Å². The van der Waals surface area contributed by atoms with Crippen molar-refractivity contribution in [2.75, 3.05) is 5.32 Å². The Morgan fingerprint density at radius 3 is 2.52 bits per heavy atom. The van der Waals surface area contributed by atoms with Crippen LogP contribution in [0, 0.1) is 10.1 Å². The number of non-ortho nitro benzene ring substituents is 1. The number of nitro groups is 1. The number of nitro benzene ring substituents is 1. The quantitative estimate of drug-likeness (QED) is 0.447. The largest absolute Gasteiger partial charge is 0.491 e. The maximum atomic E-state index is 12.0. The number of hydrogen-bond acceptors (Lipinski definition) is 6. The van der Waals surface area contributed by atoms with Crippen molar-refractivity contribution in [2.24, 2.45) is 5.14 Å². The summed E-state index contributed by atoms with van der Waals surface area (Å²) in [5.41, 5.74) is 0.672. The molecule has 3 rings (SSSR count). The predicted molar refractivity (Wildman–Crippen MR) is 112 cm³/mol. The summed E-state index contributed by atoms with van der Waals surface area (Å²) in [7, 11) is -4.16. The highest BCUT2D eigenvalue weighted by atomic mass is 32.2. The molecule has 3 aromatic rings. The molecule has 9 heteroatoms. The molecule has 29 heavy (non-hydrogen) atoms. The van der Waals surface area contributed by atoms with Crippen molar-refractivity contribution in [1.29, 1.82) is 0 Å². The van der Waals surface area contributed by atoms with E-state index in [2.05, 4.69) is 5.32 Å². The van der Waals surface area contributed by atoms with Crippen LogP contribution in [0.25, 0.3) is 10.8 Å². The second kappa shape index (κ2) is 8.06. The van der Waals surface area contributed by atoms with Crippen LogP contribution in [0.3, 0.4) is 0 Å². The molecule has 3 aromatic carbocycles. The van der Waals surface area contributed by atoms with E-state index in [0.717, 1.165) is 22.4 Å². The van der Waals surface area contributed by atoms with Crippen LogP contribution in [-0.4, -0.2) is 19.4 Å². The van der Waals surface area contributed by atoms with Gasteiger partial charge in [0.2, 0.25) is 10.0 Å². The first-order chi connectivity index (χ1) is 13.7. The van der Waals surface area contributed by atoms with E-state index in [4.69, 9.17) is 9.88 Å². The van der Waals surface area contributed by atoms with Crippen LogP contribution in [0.5, 0.6) is 5.75 Å². The van der Waals surface area contributed by atoms with Gasteiger partial charge in [0.1, 0.15) is 10.6 Å². The zero-order chi connectivity index (χ0) is 21.2. The Labute approximate surface area is 168 Å². The average Bonchev–Trinajstić information content (AvgIpc) is 2.65. The standard InChI is InChI=1S/C20H21N3O5S/c1-13(2)28-19-10-7-14-5-3-4-6-16(14)17(19)12-22-18-9-8-15(23(24)25)11-20(18)29(21,26)27/h3-11,13,22H,12H2,1-2H3,(H2,21,26,27). The van der Waals surface area contributed by atoms with Gasteiger partial charge in [0.15, 0.2) is 0 Å². The Hall–Kier alpha value is -3.17. The normalized spacial score (nSPS) is 11.6. The highest BCUT2D eigenvalue weighted by Gasteiger charge is 2.20. The molecule has 0 atom stereocenters. The minimum atomic E-state index is -4.16. The minimum absolute atomic E-state index is 0.0470. The van der Waals surface area contributed by atoms with E-state index in [-0.39, 0.29) is 28.9 Å². The van der Waals surface area contributed by atoms with Crippen LogP contribution in [-0.2, 0) is 16.6 Å². The number of nitrogens with two attached hydrogens (primary N) is 1. The summed E-state index contributed by atoms with van der Waals surface area (Å²) in [4.78, 5) is 9.99. The van der Waals surface area contributed by atoms with Gasteiger partial charge in [0.25, 0.3) is 5.69 Å². The second-order valence-corrected chi connectivity index (χ2v) is 8.30. The summed E-state index contributed by atoms with van der Waals surface area (Å²) in [6, 6.07) is 15.1. The van der Waals surface area contributed by atoms with Crippen molar-refractivity contribution in [2.45, 2.75) is 31.4 Å². The number of fused-ring (bicyclic) bond motifs is 1. The van der Waals surface area contributed by atoms with E-state index in [1.165, 1.54) is 12.1 Å². The molecule has 0 aliphatic rings. The van der Waals surface area contributed by atoms with Crippen molar-refractivity contribution in [3.8, 4) is 5.75 Å². The smallest absolute Gasteiger partial charge is 0.270 e. The van der Waals surface area contributed by atoms with Crippen LogP contribution in [0.1, 0.15) is 19.4 Å². The Balaban J connectivity index is 2.04. The molecule has 0 saturated heterocycles. The van der Waals surface area contributed by atoms with E-state index in [1.807, 2.05) is 50.2 Å². The first kappa shape index (κ1) is 20.6. The summed E-state index contributed by atoms with van der Waals surface area (Å²) >= 11 is 0. The van der Waals surface area contributed by atoms with Crippen molar-refractivity contribution in [1.82, 2.24) is 0 Å². The van der Waals surface area contributed by atoms with Crippen molar-refractivity contribution in [3.05, 3.63) is 70.3 Å². The van der Waals surface area contributed by atoms with E-state index >= 15 is 0 Å². The van der Waals surface area contributed by atoms with Crippen molar-refractivity contribution >= 4 is 32.2 Å². The maximum absolute atomic E-state index is 12.0. The zero-order valence-electron chi connectivity index (χ0n) is 16.0. The highest BCUT2D eigenvalue weighted by Crippen LogP contribution is 2.31. The summed E-state index contributed by atoms with van der Waals surface area (Å²) in [5, 5.41) is 21.3. The molecule has 0 aliphatic carbocycles. The number of nitrogens with one attached hydrogen (secondary N) is 1. The second-order valence-electron chi connectivity index (χ2n) is 6.77. The molecule has 8 nitrogen and oxygen atoms in total. The van der Waals surface area contributed by atoms with Gasteiger partial charge in [-0.1, -0.05) is 30.3 Å². The number of nitrogens with zero attached hydrogens (tertiary/aromatic N) is 1. The number of ether oxygens (including phenoxy) is 1. The summed E-state index contributed by atoms with van der Waals surface area (Å²) < 4.78 is 29.8. The third-order valence-electron chi connectivity index (χ3n) is 4.30. The Morgan fingerprint density at radius 1 is 1.14 bits per heavy atom. The average molecular weight is 415 g/mol. The van der Waals surface area contributed by atoms with Gasteiger partial charge in [-0.25, -0.2) is 13.6 Å². The van der Waals surface area contributed by atoms with Gasteiger partial charge in [-0.15, -0.1) is 0 Å². The van der Waals surface area contributed by atoms with Crippen molar-refractivity contribution < 1.29 is 18.1 Å². The fourth-order valence-electron chi connectivity index (χ4n) is 3.05. The lowest BCUT2D eigenvalue weighted by molar-refractivity contribution is -0.385. The molecule has 0 spiro atoms. The molecular weight excluding hydrogens is 394 g/mol. The Kier molecular flexibility index (Phi) is 5.71. The molecule has 0 saturated carbocycles. The van der Waals surface area contributed by atoms with Crippen LogP contribution in [0.4, 0.5) is 11.4 Å². The molecule has 0 unspecified atom stereocenters. The lowest BCUT2D eigenvalue weighted by Crippen LogP contribution is -2.16. The molecule has 0 amide bonds. The lowest BCUT2D eigenvalue weighted by atomic mass is 10.0. The lowest BCUT2D eigenvalue weighted by Gasteiger charge is -2.18. The van der Waals surface area contributed by atoms with Gasteiger partial charge in [0.05, 0.1) is 16.7 Å². The Bertz CT molecular complexity index is 1180. The minimum Gasteiger partial charge on any atom is -0.491 e. The Morgan fingerprint density at radius 2 is 1.86 bits per heavy atom. The first-order valence-electron chi connectivity index (χ1n) is 8.89. The fourth-order valence-corrected chi connectivity index (χ4v) is 3.78. The predicted octanol–water partition coefficient (Wildman–Crippen LogP) is 3.79. The van der Waals surface area contributed by atoms with Crippen molar-refractivity contribution in [3.63, 3.8) is 0 Å². The van der Waals surface area contributed by atoms with Crippen LogP contribution < -0.4 is 15.2 Å². The molecular formula is C20H21N3O5S. The number of primary sulfonamides is 1. The molecule has 0 fully saturated rings. The number of benzene rings is 3.